The van der Waals surface area contributed by atoms with E-state index >= 15 is 0 Å². The Morgan fingerprint density at radius 2 is 2.12 bits per heavy atom. The average Bonchev–Trinajstić information content (AvgIpc) is 3.08. The maximum atomic E-state index is 5.32. The quantitative estimate of drug-likeness (QED) is 0.834. The number of piperidine rings is 1. The summed E-state index contributed by atoms with van der Waals surface area (Å²) in [6.45, 7) is 7.97. The van der Waals surface area contributed by atoms with Crippen LogP contribution in [0, 0.1) is 0 Å². The van der Waals surface area contributed by atoms with Crippen molar-refractivity contribution in [3.05, 3.63) is 34.2 Å². The lowest BCUT2D eigenvalue weighted by Crippen LogP contribution is -2.35. The van der Waals surface area contributed by atoms with Crippen molar-refractivity contribution in [1.82, 2.24) is 15.0 Å². The molecule has 0 saturated carbocycles. The Bertz CT molecular complexity index is 666. The Balaban J connectivity index is 2.00. The normalized spacial score (nSPS) is 18.8. The molecular weight excluding hydrogens is 320 g/mol. The highest BCUT2D eigenvalue weighted by molar-refractivity contribution is 7.09. The van der Waals surface area contributed by atoms with Crippen LogP contribution < -0.4 is 4.90 Å². The predicted octanol–water partition coefficient (Wildman–Crippen LogP) is 4.11. The predicted molar refractivity (Wildman–Crippen MR) is 97.5 cm³/mol. The molecule has 1 fully saturated rings. The molecule has 0 aromatic carbocycles. The van der Waals surface area contributed by atoms with Gasteiger partial charge in [0.2, 0.25) is 0 Å². The highest BCUT2D eigenvalue weighted by Gasteiger charge is 2.29. The van der Waals surface area contributed by atoms with Crippen molar-refractivity contribution in [3.8, 4) is 0 Å². The summed E-state index contributed by atoms with van der Waals surface area (Å²) < 4.78 is 5.32. The number of nitrogens with zero attached hydrogens (tertiary/aromatic N) is 4. The summed E-state index contributed by atoms with van der Waals surface area (Å²) >= 11 is 1.73. The van der Waals surface area contributed by atoms with Crippen molar-refractivity contribution in [1.29, 1.82) is 0 Å². The van der Waals surface area contributed by atoms with Gasteiger partial charge >= 0.3 is 0 Å². The van der Waals surface area contributed by atoms with Gasteiger partial charge in [-0.2, -0.15) is 0 Å². The summed E-state index contributed by atoms with van der Waals surface area (Å²) in [5.41, 5.74) is 0.848. The number of thiazole rings is 1. The third-order valence-electron chi connectivity index (χ3n) is 4.26. The van der Waals surface area contributed by atoms with E-state index in [9.17, 15) is 0 Å². The second kappa shape index (κ2) is 7.15. The Morgan fingerprint density at radius 1 is 1.29 bits per heavy atom. The van der Waals surface area contributed by atoms with Crippen molar-refractivity contribution in [2.75, 3.05) is 18.6 Å². The van der Waals surface area contributed by atoms with Crippen molar-refractivity contribution < 1.29 is 4.74 Å². The second-order valence-corrected chi connectivity index (χ2v) is 8.23. The van der Waals surface area contributed by atoms with Crippen LogP contribution in [0.4, 0.5) is 5.82 Å². The molecule has 1 aliphatic heterocycles. The molecule has 2 aromatic rings. The number of hydrogen-bond acceptors (Lipinski definition) is 6. The third kappa shape index (κ3) is 3.75. The van der Waals surface area contributed by atoms with Gasteiger partial charge in [-0.3, -0.25) is 0 Å². The fraction of sp³-hybridized carbons (Fsp3) is 0.611. The zero-order valence-electron chi connectivity index (χ0n) is 15.0. The zero-order chi connectivity index (χ0) is 17.2. The number of anilines is 1. The number of hydrogen-bond donors (Lipinski definition) is 0. The molecule has 5 nitrogen and oxygen atoms in total. The van der Waals surface area contributed by atoms with E-state index in [1.165, 1.54) is 17.8 Å². The van der Waals surface area contributed by atoms with Gasteiger partial charge in [0.1, 0.15) is 16.6 Å². The largest absolute Gasteiger partial charge is 0.378 e. The Kier molecular flexibility index (Phi) is 5.15. The van der Waals surface area contributed by atoms with E-state index in [2.05, 4.69) is 42.1 Å². The molecule has 6 heteroatoms. The Hall–Kier alpha value is -1.53. The maximum absolute atomic E-state index is 5.32. The van der Waals surface area contributed by atoms with E-state index in [0.29, 0.717) is 12.6 Å². The lowest BCUT2D eigenvalue weighted by Gasteiger charge is -2.36. The first-order valence-electron chi connectivity index (χ1n) is 8.52. The molecule has 0 N–H and O–H groups in total. The monoisotopic (exact) mass is 346 g/mol. The van der Waals surface area contributed by atoms with Crippen LogP contribution in [0.15, 0.2) is 17.6 Å². The minimum absolute atomic E-state index is 0.0923. The molecule has 1 atom stereocenters. The van der Waals surface area contributed by atoms with Gasteiger partial charge < -0.3 is 9.64 Å². The summed E-state index contributed by atoms with van der Waals surface area (Å²) in [5.74, 6) is 1.87. The van der Waals surface area contributed by atoms with Crippen LogP contribution in [0.25, 0.3) is 0 Å². The molecule has 0 radical (unpaired) electrons. The standard InChI is InChI=1S/C18H26N4OS/c1-18(2,3)17-20-13(12-23-4)11-15(21-17)22-9-6-5-7-14(22)16-19-8-10-24-16/h8,10-11,14H,5-7,9,12H2,1-4H3. The summed E-state index contributed by atoms with van der Waals surface area (Å²) in [6.07, 6.45) is 5.45. The van der Waals surface area contributed by atoms with Crippen LogP contribution in [0.5, 0.6) is 0 Å². The fourth-order valence-electron chi connectivity index (χ4n) is 3.05. The molecule has 3 rings (SSSR count). The molecule has 0 spiro atoms. The van der Waals surface area contributed by atoms with Gasteiger partial charge in [0, 0.05) is 36.7 Å². The van der Waals surface area contributed by atoms with Crippen LogP contribution >= 0.6 is 11.3 Å². The van der Waals surface area contributed by atoms with E-state index in [-0.39, 0.29) is 5.41 Å². The molecule has 2 aromatic heterocycles. The van der Waals surface area contributed by atoms with Crippen LogP contribution in [-0.4, -0.2) is 28.6 Å². The van der Waals surface area contributed by atoms with Gasteiger partial charge in [0.25, 0.3) is 0 Å². The second-order valence-electron chi connectivity index (χ2n) is 7.30. The summed E-state index contributed by atoms with van der Waals surface area (Å²) in [4.78, 5) is 16.6. The van der Waals surface area contributed by atoms with Crippen molar-refractivity contribution in [3.63, 3.8) is 0 Å². The molecule has 1 saturated heterocycles. The minimum Gasteiger partial charge on any atom is -0.378 e. The number of methoxy groups -OCH3 is 1. The topological polar surface area (TPSA) is 51.1 Å². The summed E-state index contributed by atoms with van der Waals surface area (Å²) in [5, 5.41) is 3.23. The van der Waals surface area contributed by atoms with Crippen molar-refractivity contribution >= 4 is 17.2 Å². The average molecular weight is 347 g/mol. The molecule has 1 unspecified atom stereocenters. The number of rotatable bonds is 4. The molecule has 1 aliphatic rings. The zero-order valence-corrected chi connectivity index (χ0v) is 15.8. The first-order valence-corrected chi connectivity index (χ1v) is 9.40. The van der Waals surface area contributed by atoms with Gasteiger partial charge in [-0.15, -0.1) is 11.3 Å². The van der Waals surface area contributed by atoms with E-state index in [1.54, 1.807) is 18.4 Å². The van der Waals surface area contributed by atoms with Gasteiger partial charge in [-0.25, -0.2) is 15.0 Å². The molecular formula is C18H26N4OS. The molecule has 0 bridgehead atoms. The lowest BCUT2D eigenvalue weighted by atomic mass is 9.95. The molecule has 24 heavy (non-hydrogen) atoms. The smallest absolute Gasteiger partial charge is 0.136 e. The van der Waals surface area contributed by atoms with E-state index < -0.39 is 0 Å². The van der Waals surface area contributed by atoms with Gasteiger partial charge in [0.05, 0.1) is 18.3 Å². The lowest BCUT2D eigenvalue weighted by molar-refractivity contribution is 0.181. The van der Waals surface area contributed by atoms with E-state index in [1.807, 2.05) is 6.20 Å². The molecule has 3 heterocycles. The third-order valence-corrected chi connectivity index (χ3v) is 5.14. The van der Waals surface area contributed by atoms with Gasteiger partial charge in [-0.05, 0) is 19.3 Å². The fourth-order valence-corrected chi connectivity index (χ4v) is 3.83. The number of ether oxygens (including phenoxy) is 1. The highest BCUT2D eigenvalue weighted by Crippen LogP contribution is 2.36. The number of aromatic nitrogens is 3. The first kappa shape index (κ1) is 17.3. The van der Waals surface area contributed by atoms with Crippen LogP contribution in [0.2, 0.25) is 0 Å². The SMILES string of the molecule is COCc1cc(N2CCCCC2c2nccs2)nc(C(C)(C)C)n1. The van der Waals surface area contributed by atoms with Crippen LogP contribution in [0.3, 0.4) is 0 Å². The minimum atomic E-state index is -0.0923. The Labute approximate surface area is 148 Å². The maximum Gasteiger partial charge on any atom is 0.136 e. The van der Waals surface area contributed by atoms with Gasteiger partial charge in [-0.1, -0.05) is 20.8 Å². The van der Waals surface area contributed by atoms with Crippen LogP contribution in [-0.2, 0) is 16.8 Å². The summed E-state index contributed by atoms with van der Waals surface area (Å²) in [7, 11) is 1.71. The Morgan fingerprint density at radius 3 is 2.79 bits per heavy atom. The first-order chi connectivity index (χ1) is 11.5. The molecule has 0 amide bonds. The molecule has 0 aliphatic carbocycles. The van der Waals surface area contributed by atoms with Crippen molar-refractivity contribution in [2.45, 2.75) is 58.1 Å². The van der Waals surface area contributed by atoms with E-state index in [4.69, 9.17) is 14.7 Å². The highest BCUT2D eigenvalue weighted by atomic mass is 32.1. The summed E-state index contributed by atoms with van der Waals surface area (Å²) in [6, 6.07) is 2.39. The van der Waals surface area contributed by atoms with E-state index in [0.717, 1.165) is 30.3 Å². The van der Waals surface area contributed by atoms with Crippen LogP contribution in [0.1, 0.15) is 62.6 Å². The van der Waals surface area contributed by atoms with Crippen molar-refractivity contribution in [2.24, 2.45) is 0 Å². The molecule has 130 valence electrons. The van der Waals surface area contributed by atoms with Gasteiger partial charge in [0.15, 0.2) is 0 Å².